The van der Waals surface area contributed by atoms with Gasteiger partial charge in [0.05, 0.1) is 17.1 Å². The van der Waals surface area contributed by atoms with Crippen LogP contribution < -0.4 is 9.62 Å². The molecule has 0 fully saturated rings. The molecule has 0 radical (unpaired) electrons. The predicted octanol–water partition coefficient (Wildman–Crippen LogP) is 3.40. The molecule has 0 aliphatic heterocycles. The minimum absolute atomic E-state index is 0.0346. The van der Waals surface area contributed by atoms with Crippen LogP contribution >= 0.6 is 0 Å². The molecule has 1 amide bonds. The van der Waals surface area contributed by atoms with E-state index in [2.05, 4.69) is 15.4 Å². The van der Waals surface area contributed by atoms with Gasteiger partial charge in [0.25, 0.3) is 15.9 Å². The molecule has 0 bridgehead atoms. The lowest BCUT2D eigenvalue weighted by Gasteiger charge is -2.19. The van der Waals surface area contributed by atoms with Crippen LogP contribution in [0.3, 0.4) is 0 Å². The van der Waals surface area contributed by atoms with E-state index >= 15 is 0 Å². The Morgan fingerprint density at radius 1 is 1.00 bits per heavy atom. The summed E-state index contributed by atoms with van der Waals surface area (Å²) in [6.07, 6.45) is 3.04. The molecule has 8 nitrogen and oxygen atoms in total. The fraction of sp³-hybridized carbons (Fsp3) is 0.0870. The number of sulfonamides is 1. The summed E-state index contributed by atoms with van der Waals surface area (Å²) in [7, 11) is -2.34. The summed E-state index contributed by atoms with van der Waals surface area (Å²) in [4.78, 5) is 16.9. The highest BCUT2D eigenvalue weighted by Crippen LogP contribution is 2.23. The molecular weight excluding hydrogens is 426 g/mol. The largest absolute Gasteiger partial charge is 0.322 e. The Labute approximate surface area is 186 Å². The predicted molar refractivity (Wildman–Crippen MR) is 122 cm³/mol. The van der Waals surface area contributed by atoms with Crippen molar-refractivity contribution in [2.45, 2.75) is 11.4 Å². The minimum Gasteiger partial charge on any atom is -0.322 e. The number of anilines is 2. The number of carbonyl (C=O) groups excluding carboxylic acids is 1. The van der Waals surface area contributed by atoms with Crippen molar-refractivity contribution in [2.75, 3.05) is 16.7 Å². The smallest absolute Gasteiger partial charge is 0.264 e. The van der Waals surface area contributed by atoms with Crippen LogP contribution in [0.2, 0.25) is 0 Å². The molecule has 0 saturated heterocycles. The Morgan fingerprint density at radius 3 is 2.50 bits per heavy atom. The van der Waals surface area contributed by atoms with Crippen molar-refractivity contribution in [1.82, 2.24) is 14.8 Å². The third-order valence-corrected chi connectivity index (χ3v) is 6.72. The Balaban J connectivity index is 1.57. The summed E-state index contributed by atoms with van der Waals surface area (Å²) >= 11 is 0. The highest BCUT2D eigenvalue weighted by atomic mass is 32.2. The lowest BCUT2D eigenvalue weighted by Crippen LogP contribution is -2.26. The van der Waals surface area contributed by atoms with Crippen molar-refractivity contribution in [3.05, 3.63) is 103 Å². The number of nitrogens with zero attached hydrogens (tertiary/aromatic N) is 4. The first kappa shape index (κ1) is 21.3. The highest BCUT2D eigenvalue weighted by molar-refractivity contribution is 7.92. The lowest BCUT2D eigenvalue weighted by molar-refractivity contribution is 0.102. The average molecular weight is 448 g/mol. The number of hydrogen-bond donors (Lipinski definition) is 1. The van der Waals surface area contributed by atoms with Gasteiger partial charge in [-0.25, -0.2) is 18.1 Å². The Kier molecular flexibility index (Phi) is 6.00. The summed E-state index contributed by atoms with van der Waals surface area (Å²) in [6.45, 7) is 0.437. The summed E-state index contributed by atoms with van der Waals surface area (Å²) in [5, 5.41) is 6.96. The molecule has 4 aromatic rings. The van der Waals surface area contributed by atoms with Gasteiger partial charge in [-0.05, 0) is 42.0 Å². The van der Waals surface area contributed by atoms with Crippen molar-refractivity contribution in [3.8, 4) is 0 Å². The maximum Gasteiger partial charge on any atom is 0.264 e. The molecule has 0 spiro atoms. The number of carbonyl (C=O) groups is 1. The highest BCUT2D eigenvalue weighted by Gasteiger charge is 2.22. The van der Waals surface area contributed by atoms with E-state index < -0.39 is 15.9 Å². The standard InChI is InChI=1S/C23H21N5O3S/c1-27(20-10-3-2-4-11-20)32(30,31)21-12-7-9-18(14-21)23(29)26-22-13-6-5-8-19(22)15-28-17-24-16-25-28/h2-14,16-17H,15H2,1H3,(H,26,29). The lowest BCUT2D eigenvalue weighted by atomic mass is 10.1. The maximum atomic E-state index is 13.1. The van der Waals surface area contributed by atoms with Crippen LogP contribution in [0, 0.1) is 0 Å². The Morgan fingerprint density at radius 2 is 1.75 bits per heavy atom. The average Bonchev–Trinajstić information content (AvgIpc) is 3.33. The van der Waals surface area contributed by atoms with Gasteiger partial charge in [-0.3, -0.25) is 9.10 Å². The number of hydrogen-bond acceptors (Lipinski definition) is 5. The molecule has 1 aromatic heterocycles. The van der Waals surface area contributed by atoms with Crippen LogP contribution in [0.1, 0.15) is 15.9 Å². The zero-order valence-electron chi connectivity index (χ0n) is 17.3. The molecule has 3 aromatic carbocycles. The van der Waals surface area contributed by atoms with Gasteiger partial charge >= 0.3 is 0 Å². The van der Waals surface area contributed by atoms with Crippen molar-refractivity contribution < 1.29 is 13.2 Å². The topological polar surface area (TPSA) is 97.2 Å². The SMILES string of the molecule is CN(c1ccccc1)S(=O)(=O)c1cccc(C(=O)Nc2ccccc2Cn2cncn2)c1. The number of aromatic nitrogens is 3. The van der Waals surface area contributed by atoms with Crippen LogP contribution in [0.5, 0.6) is 0 Å². The van der Waals surface area contributed by atoms with Crippen LogP contribution in [0.4, 0.5) is 11.4 Å². The molecule has 0 unspecified atom stereocenters. The molecule has 1 N–H and O–H groups in total. The zero-order chi connectivity index (χ0) is 22.6. The van der Waals surface area contributed by atoms with E-state index in [1.165, 1.54) is 29.8 Å². The quantitative estimate of drug-likeness (QED) is 0.468. The molecule has 0 saturated carbocycles. The summed E-state index contributed by atoms with van der Waals surface area (Å²) in [5.41, 5.74) is 2.23. The second kappa shape index (κ2) is 9.03. The Bertz CT molecular complexity index is 1320. The second-order valence-corrected chi connectivity index (χ2v) is 9.01. The molecule has 1 heterocycles. The van der Waals surface area contributed by atoms with E-state index in [1.54, 1.807) is 53.5 Å². The third-order valence-electron chi connectivity index (χ3n) is 4.94. The number of rotatable bonds is 7. The van der Waals surface area contributed by atoms with Gasteiger partial charge in [0.15, 0.2) is 0 Å². The number of amides is 1. The second-order valence-electron chi connectivity index (χ2n) is 7.04. The van der Waals surface area contributed by atoms with E-state index in [9.17, 15) is 13.2 Å². The normalized spacial score (nSPS) is 11.2. The first-order valence-electron chi connectivity index (χ1n) is 9.81. The van der Waals surface area contributed by atoms with E-state index in [4.69, 9.17) is 0 Å². The first-order chi connectivity index (χ1) is 15.4. The van der Waals surface area contributed by atoms with E-state index in [1.807, 2.05) is 24.3 Å². The Hall–Kier alpha value is -3.98. The number of benzene rings is 3. The number of para-hydroxylation sites is 2. The van der Waals surface area contributed by atoms with Gasteiger partial charge in [0.1, 0.15) is 12.7 Å². The molecule has 162 valence electrons. The van der Waals surface area contributed by atoms with Gasteiger partial charge in [-0.15, -0.1) is 0 Å². The maximum absolute atomic E-state index is 13.1. The number of nitrogens with one attached hydrogen (secondary N) is 1. The van der Waals surface area contributed by atoms with Crippen LogP contribution in [-0.4, -0.2) is 36.1 Å². The van der Waals surface area contributed by atoms with Crippen LogP contribution in [0.15, 0.2) is 96.4 Å². The minimum atomic E-state index is -3.83. The van der Waals surface area contributed by atoms with Crippen molar-refractivity contribution >= 4 is 27.3 Å². The first-order valence-corrected chi connectivity index (χ1v) is 11.2. The van der Waals surface area contributed by atoms with E-state index in [0.29, 0.717) is 17.9 Å². The van der Waals surface area contributed by atoms with E-state index in [0.717, 1.165) is 5.56 Å². The molecule has 0 aliphatic rings. The summed E-state index contributed by atoms with van der Waals surface area (Å²) < 4.78 is 29.0. The van der Waals surface area contributed by atoms with E-state index in [-0.39, 0.29) is 10.5 Å². The van der Waals surface area contributed by atoms with Gasteiger partial charge in [-0.1, -0.05) is 42.5 Å². The third kappa shape index (κ3) is 4.52. The molecule has 9 heteroatoms. The molecule has 32 heavy (non-hydrogen) atoms. The molecule has 0 atom stereocenters. The van der Waals surface area contributed by atoms with Crippen LogP contribution in [-0.2, 0) is 16.6 Å². The fourth-order valence-corrected chi connectivity index (χ4v) is 4.44. The van der Waals surface area contributed by atoms with Gasteiger partial charge in [0, 0.05) is 18.3 Å². The fourth-order valence-electron chi connectivity index (χ4n) is 3.20. The van der Waals surface area contributed by atoms with Crippen molar-refractivity contribution in [3.63, 3.8) is 0 Å². The molecule has 0 aliphatic carbocycles. The van der Waals surface area contributed by atoms with Crippen molar-refractivity contribution in [2.24, 2.45) is 0 Å². The van der Waals surface area contributed by atoms with Crippen molar-refractivity contribution in [1.29, 1.82) is 0 Å². The molecule has 4 rings (SSSR count). The zero-order valence-corrected chi connectivity index (χ0v) is 18.1. The van der Waals surface area contributed by atoms with Gasteiger partial charge in [-0.2, -0.15) is 5.10 Å². The summed E-state index contributed by atoms with van der Waals surface area (Å²) in [5.74, 6) is -0.407. The van der Waals surface area contributed by atoms with Gasteiger partial charge < -0.3 is 5.32 Å². The monoisotopic (exact) mass is 447 g/mol. The summed E-state index contributed by atoms with van der Waals surface area (Å²) in [6, 6.07) is 22.1. The molecular formula is C23H21N5O3S. The van der Waals surface area contributed by atoms with Crippen LogP contribution in [0.25, 0.3) is 0 Å². The van der Waals surface area contributed by atoms with Gasteiger partial charge in [0.2, 0.25) is 0 Å².